The lowest BCUT2D eigenvalue weighted by Crippen LogP contribution is -2.29. The van der Waals surface area contributed by atoms with Gasteiger partial charge in [-0.05, 0) is 97.8 Å². The summed E-state index contributed by atoms with van der Waals surface area (Å²) in [6.45, 7) is 9.06. The van der Waals surface area contributed by atoms with Gasteiger partial charge in [0, 0.05) is 5.56 Å². The molecule has 2 nitrogen and oxygen atoms in total. The SMILES string of the molecule is Cc1cccc(C)c1P(c1ccccc1/C=N/N1[C@H](c2ccccc2)CC[C@H]1c1ccccc1)c1c(C)cccc1C. The second kappa shape index (κ2) is 12.5. The highest BCUT2D eigenvalue weighted by molar-refractivity contribution is 7.80. The Labute approximate surface area is 252 Å². The molecule has 5 aromatic carbocycles. The van der Waals surface area contributed by atoms with E-state index in [1.165, 1.54) is 54.9 Å². The van der Waals surface area contributed by atoms with Gasteiger partial charge in [-0.15, -0.1) is 0 Å². The Hall–Kier alpha value is -4.00. The molecule has 0 saturated carbocycles. The molecule has 2 atom stereocenters. The molecule has 0 aliphatic carbocycles. The Morgan fingerprint density at radius 3 is 1.45 bits per heavy atom. The lowest BCUT2D eigenvalue weighted by molar-refractivity contribution is 0.206. The summed E-state index contributed by atoms with van der Waals surface area (Å²) >= 11 is 0. The molecule has 0 N–H and O–H groups in total. The molecule has 1 saturated heterocycles. The van der Waals surface area contributed by atoms with Crippen molar-refractivity contribution in [2.45, 2.75) is 52.6 Å². The van der Waals surface area contributed by atoms with Crippen LogP contribution in [0, 0.1) is 27.7 Å². The highest BCUT2D eigenvalue weighted by atomic mass is 31.1. The lowest BCUT2D eigenvalue weighted by atomic mass is 10.0. The van der Waals surface area contributed by atoms with E-state index in [1.807, 2.05) is 0 Å². The van der Waals surface area contributed by atoms with Crippen LogP contribution in [0.2, 0.25) is 0 Å². The summed E-state index contributed by atoms with van der Waals surface area (Å²) in [6, 6.07) is 44.6. The van der Waals surface area contributed by atoms with Gasteiger partial charge in [0.05, 0.1) is 18.3 Å². The molecule has 0 radical (unpaired) electrons. The predicted octanol–water partition coefficient (Wildman–Crippen LogP) is 8.59. The number of hydrogen-bond donors (Lipinski definition) is 0. The zero-order valence-electron chi connectivity index (χ0n) is 25.0. The first-order valence-corrected chi connectivity index (χ1v) is 16.3. The summed E-state index contributed by atoms with van der Waals surface area (Å²) in [6.07, 6.45) is 4.31. The van der Waals surface area contributed by atoms with E-state index < -0.39 is 7.92 Å². The van der Waals surface area contributed by atoms with Crippen LogP contribution < -0.4 is 15.9 Å². The molecule has 1 fully saturated rings. The maximum atomic E-state index is 5.35. The minimum Gasteiger partial charge on any atom is -0.282 e. The van der Waals surface area contributed by atoms with Crippen molar-refractivity contribution >= 4 is 30.0 Å². The molecule has 3 heteroatoms. The molecule has 210 valence electrons. The number of benzene rings is 5. The zero-order valence-corrected chi connectivity index (χ0v) is 25.9. The fraction of sp³-hybridized carbons (Fsp3) is 0.205. The fourth-order valence-electron chi connectivity index (χ4n) is 6.55. The number of nitrogens with zero attached hydrogens (tertiary/aromatic N) is 2. The molecule has 0 unspecified atom stereocenters. The third-order valence-corrected chi connectivity index (χ3v) is 11.7. The fourth-order valence-corrected chi connectivity index (χ4v) is 9.59. The largest absolute Gasteiger partial charge is 0.282 e. The molecule has 1 aliphatic rings. The second-order valence-corrected chi connectivity index (χ2v) is 13.5. The van der Waals surface area contributed by atoms with Crippen molar-refractivity contribution in [3.8, 4) is 0 Å². The van der Waals surface area contributed by atoms with Gasteiger partial charge in [-0.1, -0.05) is 121 Å². The number of rotatable bonds is 7. The average molecular weight is 567 g/mol. The third kappa shape index (κ3) is 5.57. The first kappa shape index (κ1) is 28.1. The van der Waals surface area contributed by atoms with E-state index in [9.17, 15) is 0 Å². The van der Waals surface area contributed by atoms with E-state index in [-0.39, 0.29) is 12.1 Å². The Kier molecular flexibility index (Phi) is 8.36. The quantitative estimate of drug-likeness (QED) is 0.142. The minimum atomic E-state index is -0.793. The van der Waals surface area contributed by atoms with Gasteiger partial charge < -0.3 is 0 Å². The van der Waals surface area contributed by atoms with Gasteiger partial charge >= 0.3 is 0 Å². The van der Waals surface area contributed by atoms with Crippen molar-refractivity contribution in [2.75, 3.05) is 0 Å². The normalized spacial score (nSPS) is 16.9. The van der Waals surface area contributed by atoms with Crippen molar-refractivity contribution in [2.24, 2.45) is 5.10 Å². The smallest absolute Gasteiger partial charge is 0.0728 e. The van der Waals surface area contributed by atoms with E-state index in [0.29, 0.717) is 0 Å². The molecular formula is C39H39N2P. The first-order valence-electron chi connectivity index (χ1n) is 15.0. The monoisotopic (exact) mass is 566 g/mol. The van der Waals surface area contributed by atoms with Gasteiger partial charge in [-0.2, -0.15) is 5.10 Å². The van der Waals surface area contributed by atoms with E-state index in [2.05, 4.69) is 160 Å². The topological polar surface area (TPSA) is 15.6 Å². The molecule has 0 aromatic heterocycles. The summed E-state index contributed by atoms with van der Waals surface area (Å²) < 4.78 is 0. The van der Waals surface area contributed by atoms with E-state index in [4.69, 9.17) is 5.10 Å². The number of aryl methyl sites for hydroxylation is 4. The van der Waals surface area contributed by atoms with Crippen LogP contribution in [0.15, 0.2) is 126 Å². The van der Waals surface area contributed by atoms with Crippen LogP contribution in [0.3, 0.4) is 0 Å². The van der Waals surface area contributed by atoms with Crippen LogP contribution in [0.25, 0.3) is 0 Å². The van der Waals surface area contributed by atoms with Gasteiger partial charge in [0.25, 0.3) is 0 Å². The van der Waals surface area contributed by atoms with Crippen LogP contribution in [0.1, 0.15) is 63.9 Å². The van der Waals surface area contributed by atoms with Crippen molar-refractivity contribution in [3.05, 3.63) is 160 Å². The zero-order chi connectivity index (χ0) is 29.1. The molecule has 0 amide bonds. The molecule has 1 heterocycles. The molecule has 1 aliphatic heterocycles. The average Bonchev–Trinajstić information content (AvgIpc) is 3.44. The summed E-state index contributed by atoms with van der Waals surface area (Å²) in [5, 5.41) is 12.0. The highest BCUT2D eigenvalue weighted by Crippen LogP contribution is 2.44. The maximum Gasteiger partial charge on any atom is 0.0728 e. The Morgan fingerprint density at radius 1 is 0.548 bits per heavy atom. The van der Waals surface area contributed by atoms with Gasteiger partial charge in [0.2, 0.25) is 0 Å². The Bertz CT molecular complexity index is 1550. The second-order valence-electron chi connectivity index (χ2n) is 11.4. The van der Waals surface area contributed by atoms with Gasteiger partial charge in [-0.25, -0.2) is 0 Å². The summed E-state index contributed by atoms with van der Waals surface area (Å²) in [5.41, 5.74) is 9.25. The van der Waals surface area contributed by atoms with Gasteiger partial charge in [0.1, 0.15) is 0 Å². The van der Waals surface area contributed by atoms with Crippen LogP contribution in [0.5, 0.6) is 0 Å². The molecule has 0 bridgehead atoms. The summed E-state index contributed by atoms with van der Waals surface area (Å²) in [7, 11) is -0.793. The maximum absolute atomic E-state index is 5.35. The van der Waals surface area contributed by atoms with E-state index in [1.54, 1.807) is 0 Å². The van der Waals surface area contributed by atoms with Crippen LogP contribution in [-0.4, -0.2) is 11.2 Å². The van der Waals surface area contributed by atoms with Gasteiger partial charge in [0.15, 0.2) is 0 Å². The molecule has 0 spiro atoms. The molecule has 5 aromatic rings. The van der Waals surface area contributed by atoms with E-state index >= 15 is 0 Å². The Balaban J connectivity index is 1.48. The van der Waals surface area contributed by atoms with Crippen LogP contribution >= 0.6 is 7.92 Å². The predicted molar refractivity (Wildman–Crippen MR) is 181 cm³/mol. The van der Waals surface area contributed by atoms with Crippen molar-refractivity contribution in [1.29, 1.82) is 0 Å². The van der Waals surface area contributed by atoms with Gasteiger partial charge in [-0.3, -0.25) is 5.01 Å². The summed E-state index contributed by atoms with van der Waals surface area (Å²) in [5.74, 6) is 0. The standard InChI is InChI=1S/C39H39N2P/c1-28-15-13-16-29(2)38(28)42(39-30(3)17-14-18-31(39)4)37-24-12-11-23-34(37)27-40-41-35(32-19-7-5-8-20-32)25-26-36(41)33-21-9-6-10-22-33/h5-24,27,35-36H,25-26H2,1-4H3/b40-27+/t35-,36-/m0/s1. The van der Waals surface area contributed by atoms with E-state index in [0.717, 1.165) is 12.8 Å². The van der Waals surface area contributed by atoms with Crippen LogP contribution in [0.4, 0.5) is 0 Å². The van der Waals surface area contributed by atoms with Crippen molar-refractivity contribution in [1.82, 2.24) is 5.01 Å². The Morgan fingerprint density at radius 2 is 0.976 bits per heavy atom. The highest BCUT2D eigenvalue weighted by Gasteiger charge is 2.34. The number of hydrazone groups is 1. The lowest BCUT2D eigenvalue weighted by Gasteiger charge is -2.29. The minimum absolute atomic E-state index is 0.249. The third-order valence-electron chi connectivity index (χ3n) is 8.55. The number of hydrogen-bond acceptors (Lipinski definition) is 2. The molecular weight excluding hydrogens is 527 g/mol. The molecule has 6 rings (SSSR count). The van der Waals surface area contributed by atoms with Crippen LogP contribution in [-0.2, 0) is 0 Å². The first-order chi connectivity index (χ1) is 20.5. The summed E-state index contributed by atoms with van der Waals surface area (Å²) in [4.78, 5) is 0. The van der Waals surface area contributed by atoms with Crippen molar-refractivity contribution < 1.29 is 0 Å². The van der Waals surface area contributed by atoms with Crippen molar-refractivity contribution in [3.63, 3.8) is 0 Å². The molecule has 42 heavy (non-hydrogen) atoms.